The maximum Gasteiger partial charge on any atom is 0.0497 e. The van der Waals surface area contributed by atoms with E-state index in [1.54, 1.807) is 0 Å². The van der Waals surface area contributed by atoms with Gasteiger partial charge in [0.05, 0.1) is 0 Å². The quantitative estimate of drug-likeness (QED) is 0.797. The Morgan fingerprint density at radius 3 is 2.70 bits per heavy atom. The molecule has 3 aromatic rings. The minimum Gasteiger partial charge on any atom is -0.343 e. The van der Waals surface area contributed by atoms with Crippen LogP contribution in [0.4, 0.5) is 0 Å². The molecule has 0 saturated heterocycles. The Kier molecular flexibility index (Phi) is 3.85. The molecule has 0 aliphatic heterocycles. The largest absolute Gasteiger partial charge is 0.343 e. The summed E-state index contributed by atoms with van der Waals surface area (Å²) in [6, 6.07) is 10.5. The van der Waals surface area contributed by atoms with Crippen LogP contribution in [-0.2, 0) is 13.0 Å². The fraction of sp³-hybridized carbons (Fsp3) is 0.188. The molecule has 4 heteroatoms. The van der Waals surface area contributed by atoms with Gasteiger partial charge in [0.15, 0.2) is 0 Å². The summed E-state index contributed by atoms with van der Waals surface area (Å²) in [5.74, 6) is 0. The predicted octanol–water partition coefficient (Wildman–Crippen LogP) is 3.35. The lowest BCUT2D eigenvalue weighted by molar-refractivity contribution is 0.825. The van der Waals surface area contributed by atoms with Crippen molar-refractivity contribution in [3.63, 3.8) is 0 Å². The third kappa shape index (κ3) is 2.62. The highest BCUT2D eigenvalue weighted by Crippen LogP contribution is 2.26. The normalized spacial score (nSPS) is 11.1. The second-order valence-corrected chi connectivity index (χ2v) is 5.75. The van der Waals surface area contributed by atoms with Gasteiger partial charge in [-0.2, -0.15) is 0 Å². The molecule has 3 rings (SSSR count). The summed E-state index contributed by atoms with van der Waals surface area (Å²) in [4.78, 5) is 4.06. The van der Waals surface area contributed by atoms with E-state index in [1.807, 2.05) is 24.5 Å². The minimum atomic E-state index is 0.671. The zero-order valence-corrected chi connectivity index (χ0v) is 12.7. The Balaban J connectivity index is 2.07. The highest BCUT2D eigenvalue weighted by molar-refractivity contribution is 9.10. The Morgan fingerprint density at radius 1 is 1.15 bits per heavy atom. The van der Waals surface area contributed by atoms with Crippen LogP contribution in [0.15, 0.2) is 53.4 Å². The second kappa shape index (κ2) is 5.77. The van der Waals surface area contributed by atoms with Crippen LogP contribution < -0.4 is 5.73 Å². The monoisotopic (exact) mass is 329 g/mol. The highest BCUT2D eigenvalue weighted by Gasteiger charge is 2.08. The van der Waals surface area contributed by atoms with Gasteiger partial charge in [0, 0.05) is 40.5 Å². The molecule has 2 N–H and O–H groups in total. The van der Waals surface area contributed by atoms with Gasteiger partial charge in [0.1, 0.15) is 0 Å². The predicted molar refractivity (Wildman–Crippen MR) is 85.7 cm³/mol. The number of pyridine rings is 1. The zero-order chi connectivity index (χ0) is 13.9. The van der Waals surface area contributed by atoms with Crippen molar-refractivity contribution in [2.45, 2.75) is 13.0 Å². The van der Waals surface area contributed by atoms with Crippen molar-refractivity contribution in [2.75, 3.05) is 6.54 Å². The molecule has 0 unspecified atom stereocenters. The van der Waals surface area contributed by atoms with Gasteiger partial charge < -0.3 is 10.3 Å². The van der Waals surface area contributed by atoms with Crippen LogP contribution in [0, 0.1) is 0 Å². The Morgan fingerprint density at radius 2 is 1.95 bits per heavy atom. The van der Waals surface area contributed by atoms with Crippen LogP contribution in [0.1, 0.15) is 11.1 Å². The second-order valence-electron chi connectivity index (χ2n) is 4.84. The fourth-order valence-corrected chi connectivity index (χ4v) is 2.86. The van der Waals surface area contributed by atoms with Gasteiger partial charge in [-0.1, -0.05) is 22.0 Å². The van der Waals surface area contributed by atoms with Crippen LogP contribution in [0.2, 0.25) is 0 Å². The first-order valence-corrected chi connectivity index (χ1v) is 7.43. The van der Waals surface area contributed by atoms with E-state index in [0.29, 0.717) is 6.54 Å². The Bertz CT molecular complexity index is 719. The average Bonchev–Trinajstić information content (AvgIpc) is 2.78. The summed E-state index contributed by atoms with van der Waals surface area (Å²) in [6.45, 7) is 1.52. The maximum absolute atomic E-state index is 5.72. The van der Waals surface area contributed by atoms with Gasteiger partial charge in [-0.15, -0.1) is 0 Å². The summed E-state index contributed by atoms with van der Waals surface area (Å²) in [7, 11) is 0. The van der Waals surface area contributed by atoms with Crippen molar-refractivity contribution in [3.05, 3.63) is 64.5 Å². The van der Waals surface area contributed by atoms with Gasteiger partial charge in [-0.3, -0.25) is 4.98 Å². The third-order valence-corrected chi connectivity index (χ3v) is 3.94. The molecule has 2 aromatic heterocycles. The number of nitrogens with zero attached hydrogens (tertiary/aromatic N) is 2. The molecule has 0 spiro atoms. The first-order valence-electron chi connectivity index (χ1n) is 6.64. The lowest BCUT2D eigenvalue weighted by Gasteiger charge is -2.05. The number of benzene rings is 1. The van der Waals surface area contributed by atoms with Crippen molar-refractivity contribution < 1.29 is 0 Å². The molecule has 1 aromatic carbocycles. The lowest BCUT2D eigenvalue weighted by Crippen LogP contribution is -2.02. The molecular formula is C16H16BrN3. The molecule has 20 heavy (non-hydrogen) atoms. The van der Waals surface area contributed by atoms with E-state index >= 15 is 0 Å². The number of aromatic nitrogens is 2. The van der Waals surface area contributed by atoms with Crippen molar-refractivity contribution in [2.24, 2.45) is 5.73 Å². The zero-order valence-electron chi connectivity index (χ0n) is 11.1. The average molecular weight is 330 g/mol. The molecule has 0 bridgehead atoms. The number of hydrogen-bond donors (Lipinski definition) is 1. The van der Waals surface area contributed by atoms with Gasteiger partial charge >= 0.3 is 0 Å². The van der Waals surface area contributed by atoms with Crippen molar-refractivity contribution in [1.29, 1.82) is 0 Å². The van der Waals surface area contributed by atoms with Gasteiger partial charge in [0.2, 0.25) is 0 Å². The van der Waals surface area contributed by atoms with Crippen LogP contribution >= 0.6 is 15.9 Å². The SMILES string of the molecule is NCCc1cn(Cc2ccncc2)c2cc(Br)ccc12. The topological polar surface area (TPSA) is 43.8 Å². The van der Waals surface area contributed by atoms with E-state index in [-0.39, 0.29) is 0 Å². The van der Waals surface area contributed by atoms with Crippen LogP contribution in [0.5, 0.6) is 0 Å². The van der Waals surface area contributed by atoms with E-state index in [0.717, 1.165) is 17.4 Å². The summed E-state index contributed by atoms with van der Waals surface area (Å²) in [6.07, 6.45) is 6.78. The molecule has 0 saturated carbocycles. The van der Waals surface area contributed by atoms with E-state index in [4.69, 9.17) is 5.73 Å². The summed E-state index contributed by atoms with van der Waals surface area (Å²) < 4.78 is 3.37. The molecule has 0 atom stereocenters. The van der Waals surface area contributed by atoms with Crippen molar-refractivity contribution >= 4 is 26.8 Å². The number of halogens is 1. The van der Waals surface area contributed by atoms with E-state index in [1.165, 1.54) is 22.0 Å². The number of rotatable bonds is 4. The smallest absolute Gasteiger partial charge is 0.0497 e. The minimum absolute atomic E-state index is 0.671. The van der Waals surface area contributed by atoms with Crippen LogP contribution in [0.25, 0.3) is 10.9 Å². The fourth-order valence-electron chi connectivity index (χ4n) is 2.51. The molecule has 0 aliphatic rings. The van der Waals surface area contributed by atoms with Gasteiger partial charge in [0.25, 0.3) is 0 Å². The highest BCUT2D eigenvalue weighted by atomic mass is 79.9. The molecule has 0 aliphatic carbocycles. The lowest BCUT2D eigenvalue weighted by atomic mass is 10.1. The summed E-state index contributed by atoms with van der Waals surface area (Å²) >= 11 is 3.55. The standard InChI is InChI=1S/C16H16BrN3/c17-14-1-2-15-13(3-6-18)11-20(16(15)9-14)10-12-4-7-19-8-5-12/h1-2,4-5,7-9,11H,3,6,10,18H2. The molecule has 0 fully saturated rings. The number of nitrogens with two attached hydrogens (primary N) is 1. The van der Waals surface area contributed by atoms with E-state index in [2.05, 4.69) is 49.9 Å². The molecule has 2 heterocycles. The van der Waals surface area contributed by atoms with Crippen molar-refractivity contribution in [3.8, 4) is 0 Å². The van der Waals surface area contributed by atoms with E-state index in [9.17, 15) is 0 Å². The molecular weight excluding hydrogens is 314 g/mol. The molecule has 0 amide bonds. The number of fused-ring (bicyclic) bond motifs is 1. The summed E-state index contributed by atoms with van der Waals surface area (Å²) in [5.41, 5.74) is 9.51. The molecule has 0 radical (unpaired) electrons. The Labute approximate surface area is 126 Å². The maximum atomic E-state index is 5.72. The molecule has 102 valence electrons. The van der Waals surface area contributed by atoms with Crippen LogP contribution in [0.3, 0.4) is 0 Å². The number of hydrogen-bond acceptors (Lipinski definition) is 2. The third-order valence-electron chi connectivity index (χ3n) is 3.44. The summed E-state index contributed by atoms with van der Waals surface area (Å²) in [5, 5.41) is 1.28. The van der Waals surface area contributed by atoms with Crippen LogP contribution in [-0.4, -0.2) is 16.1 Å². The first-order chi connectivity index (χ1) is 9.78. The van der Waals surface area contributed by atoms with E-state index < -0.39 is 0 Å². The van der Waals surface area contributed by atoms with Crippen molar-refractivity contribution in [1.82, 2.24) is 9.55 Å². The first kappa shape index (κ1) is 13.3. The van der Waals surface area contributed by atoms with Gasteiger partial charge in [-0.25, -0.2) is 0 Å². The molecule has 3 nitrogen and oxygen atoms in total. The Hall–Kier alpha value is -1.65. The van der Waals surface area contributed by atoms with Gasteiger partial charge in [-0.05, 0) is 48.4 Å².